The Morgan fingerprint density at radius 1 is 0.691 bits per heavy atom. The van der Waals surface area contributed by atoms with E-state index in [1.165, 1.54) is 100 Å². The number of sulfone groups is 1. The van der Waals surface area contributed by atoms with Gasteiger partial charge in [0.2, 0.25) is 5.13 Å². The number of sulfonamides is 2. The minimum absolute atomic E-state index is 0.134. The maximum absolute atomic E-state index is 13.5. The molecule has 0 unspecified atom stereocenters. The maximum atomic E-state index is 13.5. The van der Waals surface area contributed by atoms with E-state index in [1.807, 2.05) is 0 Å². The second kappa shape index (κ2) is 16.1. The van der Waals surface area contributed by atoms with E-state index in [0.29, 0.717) is 45.4 Å². The second-order valence-electron chi connectivity index (χ2n) is 12.0. The lowest BCUT2D eigenvalue weighted by molar-refractivity contribution is -0.124. The summed E-state index contributed by atoms with van der Waals surface area (Å²) in [6, 6.07) is 16.7. The normalized spacial score (nSPS) is 17.6. The van der Waals surface area contributed by atoms with Crippen molar-refractivity contribution in [2.75, 3.05) is 33.7 Å². The van der Waals surface area contributed by atoms with Gasteiger partial charge in [0.15, 0.2) is 9.84 Å². The number of ether oxygens (including phenoxy) is 1. The van der Waals surface area contributed by atoms with Gasteiger partial charge >= 0.3 is 0 Å². The molecule has 3 aromatic carbocycles. The van der Waals surface area contributed by atoms with E-state index in [9.17, 15) is 45.1 Å². The van der Waals surface area contributed by atoms with Crippen molar-refractivity contribution in [3.8, 4) is 5.75 Å². The zero-order valence-corrected chi connectivity index (χ0v) is 32.9. The number of carbonyl (C=O) groups is 2. The minimum Gasteiger partial charge on any atom is -0.497 e. The molecule has 2 N–H and O–H groups in total. The molecule has 0 bridgehead atoms. The predicted molar refractivity (Wildman–Crippen MR) is 204 cm³/mol. The molecular weight excluding hydrogens is 815 g/mol. The molecule has 4 heterocycles. The van der Waals surface area contributed by atoms with Crippen LogP contribution >= 0.6 is 22.7 Å². The summed E-state index contributed by atoms with van der Waals surface area (Å²) < 4.78 is 83.7. The third-order valence-electron chi connectivity index (χ3n) is 8.47. The number of aliphatic hydroxyl groups is 2. The van der Waals surface area contributed by atoms with Crippen molar-refractivity contribution in [2.45, 2.75) is 45.5 Å². The fourth-order valence-corrected chi connectivity index (χ4v) is 12.6. The second-order valence-corrected chi connectivity index (χ2v) is 19.6. The van der Waals surface area contributed by atoms with Crippen LogP contribution in [0.15, 0.2) is 111 Å². The molecule has 2 aliphatic rings. The van der Waals surface area contributed by atoms with Crippen LogP contribution in [0, 0.1) is 0 Å². The Kier molecular flexibility index (Phi) is 11.7. The number of aromatic nitrogens is 2. The molecule has 7 rings (SSSR count). The Bertz CT molecular complexity index is 2460. The van der Waals surface area contributed by atoms with Crippen LogP contribution in [-0.4, -0.2) is 89.7 Å². The highest BCUT2D eigenvalue weighted by Gasteiger charge is 2.39. The molecule has 2 amide bonds. The molecule has 290 valence electrons. The van der Waals surface area contributed by atoms with Crippen molar-refractivity contribution < 1.29 is 49.8 Å². The van der Waals surface area contributed by atoms with Crippen LogP contribution in [0.2, 0.25) is 0 Å². The smallest absolute Gasteiger partial charge is 0.279 e. The third kappa shape index (κ3) is 8.42. The van der Waals surface area contributed by atoms with E-state index < -0.39 is 48.0 Å². The molecule has 0 aliphatic carbocycles. The number of nitrogens with zero attached hydrogens (tertiary/aromatic N) is 5. The first-order valence-electron chi connectivity index (χ1n) is 16.3. The van der Waals surface area contributed by atoms with Gasteiger partial charge in [-0.1, -0.05) is 0 Å². The van der Waals surface area contributed by atoms with Crippen molar-refractivity contribution in [3.05, 3.63) is 101 Å². The lowest BCUT2D eigenvalue weighted by atomic mass is 10.3. The van der Waals surface area contributed by atoms with Crippen LogP contribution in [0.5, 0.6) is 5.75 Å². The van der Waals surface area contributed by atoms with Gasteiger partial charge in [-0.3, -0.25) is 9.59 Å². The number of hydrogen-bond donors (Lipinski definition) is 2. The summed E-state index contributed by atoms with van der Waals surface area (Å²) >= 11 is 2.15. The summed E-state index contributed by atoms with van der Waals surface area (Å²) in [7, 11) is -11.2. The van der Waals surface area contributed by atoms with Crippen molar-refractivity contribution in [2.24, 2.45) is 0 Å². The minimum atomic E-state index is -4.60. The topological polar surface area (TPSA) is 222 Å². The Labute approximate surface area is 324 Å². The number of anilines is 3. The summed E-state index contributed by atoms with van der Waals surface area (Å²) in [6.07, 6.45) is 1.49. The standard InChI is InChI=1S/C20H19N3O7S3.C14H14N2O4S2/c1-30-15-4-8-17(9-5-15)33(28,29)23(20-21-11-13-31-20)32(26,27)16-6-2-14(3-7-16)22-12-10-18(24)19(22)25;17-12-5-7-16(14(12)18)10-1-3-11(4-2-10)22(19,20)9-13-15-6-8-21-13/h2-9,11,13,18,24H,10,12H2,1H3;1-4,6,8,12,17H,5,7,9H2/t18-;12-/m11/s1. The zero-order chi connectivity index (χ0) is 39.5. The van der Waals surface area contributed by atoms with Crippen LogP contribution < -0.4 is 18.2 Å². The van der Waals surface area contributed by atoms with E-state index in [0.717, 1.165) is 11.3 Å². The quantitative estimate of drug-likeness (QED) is 0.195. The molecule has 2 aliphatic heterocycles. The number of benzene rings is 3. The first kappa shape index (κ1) is 39.9. The largest absolute Gasteiger partial charge is 0.497 e. The molecule has 2 saturated heterocycles. The number of aliphatic hydroxyl groups excluding tert-OH is 2. The molecule has 2 aromatic heterocycles. The molecule has 2 atom stereocenters. The lowest BCUT2D eigenvalue weighted by Gasteiger charge is -2.22. The van der Waals surface area contributed by atoms with Gasteiger partial charge < -0.3 is 24.7 Å². The van der Waals surface area contributed by atoms with Gasteiger partial charge in [0.25, 0.3) is 31.9 Å². The summed E-state index contributed by atoms with van der Waals surface area (Å²) in [5.41, 5.74) is 0.990. The average molecular weight is 848 g/mol. The summed E-state index contributed by atoms with van der Waals surface area (Å²) in [5, 5.41) is 22.6. The van der Waals surface area contributed by atoms with Crippen molar-refractivity contribution in [1.29, 1.82) is 0 Å². The Morgan fingerprint density at radius 3 is 1.55 bits per heavy atom. The fourth-order valence-electron chi connectivity index (χ4n) is 5.62. The lowest BCUT2D eigenvalue weighted by Crippen LogP contribution is -2.37. The van der Waals surface area contributed by atoms with Gasteiger partial charge in [-0.2, -0.15) is 16.8 Å². The molecule has 0 saturated carbocycles. The first-order chi connectivity index (χ1) is 26.1. The number of thiazole rings is 2. The molecule has 0 radical (unpaired) electrons. The van der Waals surface area contributed by atoms with Crippen LogP contribution in [-0.2, 0) is 45.2 Å². The zero-order valence-electron chi connectivity index (χ0n) is 28.8. The predicted octanol–water partition coefficient (Wildman–Crippen LogP) is 3.05. The molecule has 5 aromatic rings. The summed E-state index contributed by atoms with van der Waals surface area (Å²) in [5.74, 6) is -0.545. The number of hydrogen-bond acceptors (Lipinski definition) is 15. The highest BCUT2D eigenvalue weighted by molar-refractivity contribution is 8.10. The van der Waals surface area contributed by atoms with Crippen molar-refractivity contribution in [1.82, 2.24) is 9.97 Å². The Balaban J connectivity index is 0.000000203. The van der Waals surface area contributed by atoms with E-state index in [4.69, 9.17) is 4.74 Å². The van der Waals surface area contributed by atoms with Crippen molar-refractivity contribution in [3.63, 3.8) is 0 Å². The van der Waals surface area contributed by atoms with E-state index in [1.54, 1.807) is 23.7 Å². The highest BCUT2D eigenvalue weighted by atomic mass is 32.3. The van der Waals surface area contributed by atoms with E-state index in [-0.39, 0.29) is 37.9 Å². The molecular formula is C34H33N5O11S5. The molecule has 2 fully saturated rings. The monoisotopic (exact) mass is 847 g/mol. The molecule has 55 heavy (non-hydrogen) atoms. The average Bonchev–Trinajstić information content (AvgIpc) is 4.00. The number of carbonyl (C=O) groups excluding carboxylic acids is 2. The van der Waals surface area contributed by atoms with Gasteiger partial charge in [0.05, 0.1) is 21.8 Å². The van der Waals surface area contributed by atoms with Gasteiger partial charge in [-0.05, 0) is 72.8 Å². The number of methoxy groups -OCH3 is 1. The molecule has 21 heteroatoms. The van der Waals surface area contributed by atoms with Crippen LogP contribution in [0.1, 0.15) is 17.8 Å². The van der Waals surface area contributed by atoms with Gasteiger partial charge in [-0.15, -0.1) is 26.4 Å². The summed E-state index contributed by atoms with van der Waals surface area (Å²) in [6.45, 7) is 0.731. The highest BCUT2D eigenvalue weighted by Crippen LogP contribution is 2.34. The summed E-state index contributed by atoms with van der Waals surface area (Å²) in [4.78, 5) is 34.1. The van der Waals surface area contributed by atoms with Crippen LogP contribution in [0.3, 0.4) is 0 Å². The third-order valence-corrected chi connectivity index (χ3v) is 16.2. The first-order valence-corrected chi connectivity index (χ1v) is 22.6. The van der Waals surface area contributed by atoms with E-state index >= 15 is 0 Å². The number of amides is 2. The van der Waals surface area contributed by atoms with Crippen molar-refractivity contribution >= 4 is 80.9 Å². The van der Waals surface area contributed by atoms with Gasteiger partial charge in [-0.25, -0.2) is 18.4 Å². The molecule has 16 nitrogen and oxygen atoms in total. The molecule has 0 spiro atoms. The fraction of sp³-hybridized carbons (Fsp3) is 0.235. The Hall–Kier alpha value is -4.77. The van der Waals surface area contributed by atoms with Gasteiger partial charge in [0.1, 0.15) is 28.7 Å². The van der Waals surface area contributed by atoms with Crippen LogP contribution in [0.4, 0.5) is 16.5 Å². The van der Waals surface area contributed by atoms with Crippen LogP contribution in [0.25, 0.3) is 0 Å². The number of rotatable bonds is 11. The van der Waals surface area contributed by atoms with E-state index in [2.05, 4.69) is 9.97 Å². The van der Waals surface area contributed by atoms with Gasteiger partial charge in [0, 0.05) is 60.5 Å². The SMILES string of the molecule is COc1ccc(S(=O)(=O)N(c2nccs2)S(=O)(=O)c2ccc(N3CC[C@@H](O)C3=O)cc2)cc1.O=C1[C@H](O)CCN1c1ccc(S(=O)(=O)Cc2nccs2)cc1. The maximum Gasteiger partial charge on any atom is 0.279 e. The Morgan fingerprint density at radius 2 is 1.15 bits per heavy atom.